The largest absolute Gasteiger partial charge is 0.302 e. The number of nitrogens with one attached hydrogen (secondary N) is 1. The van der Waals surface area contributed by atoms with Crippen molar-refractivity contribution in [1.82, 2.24) is 5.32 Å². The molecule has 4 nitrogen and oxygen atoms in total. The van der Waals surface area contributed by atoms with Crippen LogP contribution in [0.1, 0.15) is 42.8 Å². The first-order valence-corrected chi connectivity index (χ1v) is 7.54. The van der Waals surface area contributed by atoms with Gasteiger partial charge in [0.25, 0.3) is 5.69 Å². The van der Waals surface area contributed by atoms with Crippen LogP contribution in [0, 0.1) is 10.1 Å². The predicted molar refractivity (Wildman–Crippen MR) is 82.0 cm³/mol. The molecule has 0 fully saturated rings. The summed E-state index contributed by atoms with van der Waals surface area (Å²) in [4.78, 5) is 12.0. The van der Waals surface area contributed by atoms with Crippen LogP contribution in [0.2, 0.25) is 0 Å². The molecule has 1 heterocycles. The lowest BCUT2D eigenvalue weighted by Gasteiger charge is -2.21. The maximum Gasteiger partial charge on any atom is 0.274 e. The molecule has 0 saturated carbocycles. The number of thiophene rings is 1. The van der Waals surface area contributed by atoms with Gasteiger partial charge in [0.1, 0.15) is 0 Å². The van der Waals surface area contributed by atoms with Crippen molar-refractivity contribution in [1.29, 1.82) is 0 Å². The molecule has 1 aromatic heterocycles. The lowest BCUT2D eigenvalue weighted by Crippen LogP contribution is -2.24. The number of nitrogens with zero attached hydrogens (tertiary/aromatic N) is 1. The molecule has 0 aliphatic rings. The molecular weight excluding hydrogens is 272 g/mol. The van der Waals surface area contributed by atoms with Gasteiger partial charge < -0.3 is 5.32 Å². The van der Waals surface area contributed by atoms with Crippen LogP contribution >= 0.6 is 11.3 Å². The SMILES string of the molecule is CCC(NC(C)c1ccccc1[N+](=O)[O-])c1cccs1. The van der Waals surface area contributed by atoms with E-state index in [9.17, 15) is 10.1 Å². The minimum absolute atomic E-state index is 0.0661. The molecule has 0 amide bonds. The number of nitro groups is 1. The quantitative estimate of drug-likeness (QED) is 0.631. The lowest BCUT2D eigenvalue weighted by atomic mass is 10.0. The van der Waals surface area contributed by atoms with E-state index in [1.807, 2.05) is 25.1 Å². The van der Waals surface area contributed by atoms with Gasteiger partial charge in [-0.1, -0.05) is 31.2 Å². The fraction of sp³-hybridized carbons (Fsp3) is 0.333. The summed E-state index contributed by atoms with van der Waals surface area (Å²) in [6, 6.07) is 11.2. The Bertz CT molecular complexity index is 569. The van der Waals surface area contributed by atoms with Crippen molar-refractivity contribution in [2.24, 2.45) is 0 Å². The maximum atomic E-state index is 11.1. The molecule has 106 valence electrons. The van der Waals surface area contributed by atoms with Gasteiger partial charge in [0, 0.05) is 28.6 Å². The first kappa shape index (κ1) is 14.7. The van der Waals surface area contributed by atoms with E-state index in [0.29, 0.717) is 0 Å². The number of benzene rings is 1. The summed E-state index contributed by atoms with van der Waals surface area (Å²) in [5.41, 5.74) is 0.904. The summed E-state index contributed by atoms with van der Waals surface area (Å²) in [5.74, 6) is 0. The average Bonchev–Trinajstić information content (AvgIpc) is 2.98. The van der Waals surface area contributed by atoms with Crippen molar-refractivity contribution in [2.75, 3.05) is 0 Å². The highest BCUT2D eigenvalue weighted by Crippen LogP contribution is 2.29. The van der Waals surface area contributed by atoms with Gasteiger partial charge >= 0.3 is 0 Å². The van der Waals surface area contributed by atoms with Crippen LogP contribution in [-0.4, -0.2) is 4.92 Å². The Morgan fingerprint density at radius 3 is 2.65 bits per heavy atom. The van der Waals surface area contributed by atoms with Gasteiger partial charge in [-0.3, -0.25) is 10.1 Å². The van der Waals surface area contributed by atoms with Crippen LogP contribution < -0.4 is 5.32 Å². The molecule has 5 heteroatoms. The Kier molecular flexibility index (Phi) is 4.87. The van der Waals surface area contributed by atoms with Gasteiger partial charge in [-0.15, -0.1) is 11.3 Å². The average molecular weight is 290 g/mol. The molecule has 0 spiro atoms. The predicted octanol–water partition coefficient (Wildman–Crippen LogP) is 4.46. The molecule has 0 aliphatic carbocycles. The third kappa shape index (κ3) is 3.23. The van der Waals surface area contributed by atoms with Crippen LogP contribution in [0.5, 0.6) is 0 Å². The van der Waals surface area contributed by atoms with Gasteiger partial charge in [0.2, 0.25) is 0 Å². The number of hydrogen-bond acceptors (Lipinski definition) is 4. The molecule has 0 radical (unpaired) electrons. The third-order valence-corrected chi connectivity index (χ3v) is 4.33. The van der Waals surface area contributed by atoms with E-state index in [0.717, 1.165) is 12.0 Å². The van der Waals surface area contributed by atoms with E-state index in [1.54, 1.807) is 23.5 Å². The second kappa shape index (κ2) is 6.63. The molecule has 0 bridgehead atoms. The summed E-state index contributed by atoms with van der Waals surface area (Å²) in [5, 5.41) is 16.6. The Morgan fingerprint density at radius 1 is 1.30 bits per heavy atom. The summed E-state index contributed by atoms with van der Waals surface area (Å²) in [6.45, 7) is 4.09. The van der Waals surface area contributed by atoms with E-state index in [4.69, 9.17) is 0 Å². The fourth-order valence-corrected chi connectivity index (χ4v) is 3.17. The first-order valence-electron chi connectivity index (χ1n) is 6.66. The Hall–Kier alpha value is -1.72. The normalized spacial score (nSPS) is 13.9. The standard InChI is InChI=1S/C15H18N2O2S/c1-3-13(15-9-6-10-20-15)16-11(2)12-7-4-5-8-14(12)17(18)19/h4-11,13,16H,3H2,1-2H3. The molecule has 2 aromatic rings. The number of hydrogen-bond donors (Lipinski definition) is 1. The van der Waals surface area contributed by atoms with Crippen LogP contribution in [0.15, 0.2) is 41.8 Å². The number of para-hydroxylation sites is 1. The highest BCUT2D eigenvalue weighted by molar-refractivity contribution is 7.10. The molecule has 0 saturated heterocycles. The van der Waals surface area contributed by atoms with Gasteiger partial charge in [0.15, 0.2) is 0 Å². The highest BCUT2D eigenvalue weighted by atomic mass is 32.1. The number of nitro benzene ring substituents is 1. The molecule has 1 N–H and O–H groups in total. The highest BCUT2D eigenvalue weighted by Gasteiger charge is 2.21. The van der Waals surface area contributed by atoms with Crippen LogP contribution in [0.25, 0.3) is 0 Å². The molecule has 20 heavy (non-hydrogen) atoms. The van der Waals surface area contributed by atoms with Gasteiger partial charge in [-0.25, -0.2) is 0 Å². The van der Waals surface area contributed by atoms with Crippen LogP contribution in [0.4, 0.5) is 5.69 Å². The summed E-state index contributed by atoms with van der Waals surface area (Å²) < 4.78 is 0. The first-order chi connectivity index (χ1) is 9.63. The van der Waals surface area contributed by atoms with E-state index >= 15 is 0 Å². The summed E-state index contributed by atoms with van der Waals surface area (Å²) >= 11 is 1.71. The maximum absolute atomic E-state index is 11.1. The minimum atomic E-state index is -0.320. The molecule has 0 aliphatic heterocycles. The Morgan fingerprint density at radius 2 is 2.05 bits per heavy atom. The Labute approximate surface area is 122 Å². The Balaban J connectivity index is 2.19. The van der Waals surface area contributed by atoms with Crippen molar-refractivity contribution >= 4 is 17.0 Å². The van der Waals surface area contributed by atoms with Crippen LogP contribution in [0.3, 0.4) is 0 Å². The zero-order chi connectivity index (χ0) is 14.5. The van der Waals surface area contributed by atoms with Gasteiger partial charge in [-0.05, 0) is 24.8 Å². The molecule has 2 rings (SSSR count). The van der Waals surface area contributed by atoms with Crippen molar-refractivity contribution in [3.05, 3.63) is 62.3 Å². The smallest absolute Gasteiger partial charge is 0.274 e. The van der Waals surface area contributed by atoms with Crippen molar-refractivity contribution < 1.29 is 4.92 Å². The van der Waals surface area contributed by atoms with E-state index < -0.39 is 0 Å². The summed E-state index contributed by atoms with van der Waals surface area (Å²) in [6.07, 6.45) is 0.950. The lowest BCUT2D eigenvalue weighted by molar-refractivity contribution is -0.385. The van der Waals surface area contributed by atoms with Crippen molar-refractivity contribution in [3.8, 4) is 0 Å². The zero-order valence-electron chi connectivity index (χ0n) is 11.6. The second-order valence-corrected chi connectivity index (χ2v) is 5.66. The topological polar surface area (TPSA) is 55.2 Å². The number of rotatable bonds is 6. The fourth-order valence-electron chi connectivity index (χ4n) is 2.30. The van der Waals surface area contributed by atoms with E-state index in [2.05, 4.69) is 23.7 Å². The third-order valence-electron chi connectivity index (χ3n) is 3.35. The van der Waals surface area contributed by atoms with Crippen molar-refractivity contribution in [3.63, 3.8) is 0 Å². The molecular formula is C15H18N2O2S. The van der Waals surface area contributed by atoms with E-state index in [1.165, 1.54) is 4.88 Å². The minimum Gasteiger partial charge on any atom is -0.302 e. The molecule has 2 atom stereocenters. The summed E-state index contributed by atoms with van der Waals surface area (Å²) in [7, 11) is 0. The van der Waals surface area contributed by atoms with Crippen LogP contribution in [-0.2, 0) is 0 Å². The van der Waals surface area contributed by atoms with Gasteiger partial charge in [-0.2, -0.15) is 0 Å². The molecule has 1 aromatic carbocycles. The molecule has 2 unspecified atom stereocenters. The zero-order valence-corrected chi connectivity index (χ0v) is 12.4. The van der Waals surface area contributed by atoms with Gasteiger partial charge in [0.05, 0.1) is 4.92 Å². The van der Waals surface area contributed by atoms with Crippen molar-refractivity contribution in [2.45, 2.75) is 32.4 Å². The monoisotopic (exact) mass is 290 g/mol. The van der Waals surface area contributed by atoms with E-state index in [-0.39, 0.29) is 22.7 Å². The second-order valence-electron chi connectivity index (χ2n) is 4.68.